The maximum Gasteiger partial charge on any atom is 0.195 e. The predicted octanol–water partition coefficient (Wildman–Crippen LogP) is 3.75. The van der Waals surface area contributed by atoms with Gasteiger partial charge in [-0.25, -0.2) is 0 Å². The Bertz CT molecular complexity index is 531. The molecular weight excluding hydrogens is 262 g/mol. The van der Waals surface area contributed by atoms with E-state index in [9.17, 15) is 0 Å². The molecule has 0 unspecified atom stereocenters. The van der Waals surface area contributed by atoms with Gasteiger partial charge >= 0.3 is 0 Å². The number of unbranched alkanes of at least 4 members (excludes halogenated alkanes) is 1. The van der Waals surface area contributed by atoms with Gasteiger partial charge in [-0.1, -0.05) is 30.3 Å². The highest BCUT2D eigenvalue weighted by atomic mass is 32.2. The van der Waals surface area contributed by atoms with Gasteiger partial charge in [0.1, 0.15) is 0 Å². The molecule has 0 saturated heterocycles. The van der Waals surface area contributed by atoms with Gasteiger partial charge in [0.15, 0.2) is 10.6 Å². The zero-order chi connectivity index (χ0) is 12.8. The molecule has 0 aliphatic heterocycles. The molecule has 0 aliphatic carbocycles. The molecule has 2 aromatic rings. The van der Waals surface area contributed by atoms with E-state index in [2.05, 4.69) is 33.2 Å². The fourth-order valence-corrected chi connectivity index (χ4v) is 2.57. The summed E-state index contributed by atoms with van der Waals surface area (Å²) >= 11 is 7.18. The van der Waals surface area contributed by atoms with E-state index in [1.54, 1.807) is 0 Å². The molecule has 0 bridgehead atoms. The number of rotatable bonds is 6. The molecule has 0 radical (unpaired) electrons. The van der Waals surface area contributed by atoms with Crippen LogP contribution in [0, 0.1) is 4.77 Å². The van der Waals surface area contributed by atoms with Crippen molar-refractivity contribution < 1.29 is 0 Å². The standard InChI is InChI=1S/C13H17N3S2/c1-18-10-6-5-9-16-12(14-15-13(16)17)11-7-3-2-4-8-11/h2-4,7-8H,5-6,9-10H2,1H3,(H,15,17). The molecule has 0 atom stereocenters. The van der Waals surface area contributed by atoms with Crippen molar-refractivity contribution >= 4 is 24.0 Å². The lowest BCUT2D eigenvalue weighted by molar-refractivity contribution is 0.632. The highest BCUT2D eigenvalue weighted by Gasteiger charge is 2.07. The topological polar surface area (TPSA) is 33.6 Å². The number of hydrogen-bond donors (Lipinski definition) is 1. The first-order chi connectivity index (χ1) is 8.83. The second-order valence-electron chi connectivity index (χ2n) is 4.07. The predicted molar refractivity (Wildman–Crippen MR) is 80.5 cm³/mol. The number of nitrogens with one attached hydrogen (secondary N) is 1. The molecule has 1 aromatic heterocycles. The van der Waals surface area contributed by atoms with Gasteiger partial charge in [-0.2, -0.15) is 16.9 Å². The summed E-state index contributed by atoms with van der Waals surface area (Å²) in [5, 5.41) is 7.21. The Balaban J connectivity index is 2.15. The third-order valence-corrected chi connectivity index (χ3v) is 3.78. The smallest absolute Gasteiger partial charge is 0.195 e. The van der Waals surface area contributed by atoms with Crippen molar-refractivity contribution in [2.45, 2.75) is 19.4 Å². The van der Waals surface area contributed by atoms with E-state index in [0.717, 1.165) is 24.4 Å². The number of thioether (sulfide) groups is 1. The molecule has 0 spiro atoms. The molecule has 18 heavy (non-hydrogen) atoms. The van der Waals surface area contributed by atoms with Gasteiger partial charge in [0, 0.05) is 12.1 Å². The van der Waals surface area contributed by atoms with Crippen molar-refractivity contribution in [3.63, 3.8) is 0 Å². The summed E-state index contributed by atoms with van der Waals surface area (Å²) in [6.07, 6.45) is 4.48. The molecular formula is C13H17N3S2. The SMILES string of the molecule is CSCCCCn1c(-c2ccccc2)n[nH]c1=S. The summed E-state index contributed by atoms with van der Waals surface area (Å²) in [5.74, 6) is 2.14. The molecule has 0 aliphatic rings. The van der Waals surface area contributed by atoms with Crippen molar-refractivity contribution in [1.29, 1.82) is 0 Å². The zero-order valence-corrected chi connectivity index (χ0v) is 12.1. The van der Waals surface area contributed by atoms with E-state index < -0.39 is 0 Å². The first-order valence-electron chi connectivity index (χ1n) is 6.02. The molecule has 0 saturated carbocycles. The van der Waals surface area contributed by atoms with E-state index in [1.807, 2.05) is 30.0 Å². The van der Waals surface area contributed by atoms with Gasteiger partial charge in [-0.15, -0.1) is 0 Å². The van der Waals surface area contributed by atoms with E-state index >= 15 is 0 Å². The number of hydrogen-bond acceptors (Lipinski definition) is 3. The fourth-order valence-electron chi connectivity index (χ4n) is 1.85. The van der Waals surface area contributed by atoms with Gasteiger partial charge in [0.05, 0.1) is 0 Å². The Hall–Kier alpha value is -1.07. The molecule has 1 N–H and O–H groups in total. The molecule has 3 nitrogen and oxygen atoms in total. The summed E-state index contributed by atoms with van der Waals surface area (Å²) in [5.41, 5.74) is 1.11. The van der Waals surface area contributed by atoms with Crippen molar-refractivity contribution in [3.05, 3.63) is 35.1 Å². The van der Waals surface area contributed by atoms with E-state index in [4.69, 9.17) is 12.2 Å². The summed E-state index contributed by atoms with van der Waals surface area (Å²) in [6, 6.07) is 10.2. The van der Waals surface area contributed by atoms with Gasteiger partial charge in [-0.05, 0) is 37.1 Å². The van der Waals surface area contributed by atoms with Crippen molar-refractivity contribution in [2.24, 2.45) is 0 Å². The van der Waals surface area contributed by atoms with Crippen LogP contribution < -0.4 is 0 Å². The minimum Gasteiger partial charge on any atom is -0.300 e. The lowest BCUT2D eigenvalue weighted by atomic mass is 10.2. The van der Waals surface area contributed by atoms with Crippen LogP contribution in [0.25, 0.3) is 11.4 Å². The highest BCUT2D eigenvalue weighted by Crippen LogP contribution is 2.17. The van der Waals surface area contributed by atoms with E-state index in [1.165, 1.54) is 12.2 Å². The monoisotopic (exact) mass is 279 g/mol. The molecule has 5 heteroatoms. The van der Waals surface area contributed by atoms with Crippen molar-refractivity contribution in [1.82, 2.24) is 14.8 Å². The van der Waals surface area contributed by atoms with Gasteiger partial charge in [-0.3, -0.25) is 5.10 Å². The Kier molecular flexibility index (Phi) is 5.01. The van der Waals surface area contributed by atoms with Gasteiger partial charge in [0.25, 0.3) is 0 Å². The molecule has 1 heterocycles. The minimum absolute atomic E-state index is 0.706. The number of nitrogens with zero attached hydrogens (tertiary/aromatic N) is 2. The minimum atomic E-state index is 0.706. The molecule has 96 valence electrons. The lowest BCUT2D eigenvalue weighted by Crippen LogP contribution is -2.01. The second-order valence-corrected chi connectivity index (χ2v) is 5.44. The zero-order valence-electron chi connectivity index (χ0n) is 10.4. The quantitative estimate of drug-likeness (QED) is 0.646. The maximum atomic E-state index is 5.29. The summed E-state index contributed by atoms with van der Waals surface area (Å²) < 4.78 is 2.79. The van der Waals surface area contributed by atoms with Crippen LogP contribution in [0.5, 0.6) is 0 Å². The Morgan fingerprint density at radius 2 is 2.06 bits per heavy atom. The maximum absolute atomic E-state index is 5.29. The highest BCUT2D eigenvalue weighted by molar-refractivity contribution is 7.98. The van der Waals surface area contributed by atoms with E-state index in [0.29, 0.717) is 4.77 Å². The largest absolute Gasteiger partial charge is 0.300 e. The average Bonchev–Trinajstić information content (AvgIpc) is 2.77. The molecule has 1 aromatic carbocycles. The molecule has 0 amide bonds. The Morgan fingerprint density at radius 1 is 1.28 bits per heavy atom. The van der Waals surface area contributed by atoms with Crippen molar-refractivity contribution in [2.75, 3.05) is 12.0 Å². The molecule has 2 rings (SSSR count). The summed E-state index contributed by atoms with van der Waals surface area (Å²) in [7, 11) is 0. The fraction of sp³-hybridized carbons (Fsp3) is 0.385. The van der Waals surface area contributed by atoms with Crippen LogP contribution in [-0.4, -0.2) is 26.8 Å². The van der Waals surface area contributed by atoms with Crippen LogP contribution >= 0.6 is 24.0 Å². The second kappa shape index (κ2) is 6.75. The average molecular weight is 279 g/mol. The van der Waals surface area contributed by atoms with Crippen LogP contribution in [-0.2, 0) is 6.54 Å². The summed E-state index contributed by atoms with van der Waals surface area (Å²) in [4.78, 5) is 0. The van der Waals surface area contributed by atoms with Crippen LogP contribution in [0.15, 0.2) is 30.3 Å². The Morgan fingerprint density at radius 3 is 2.78 bits per heavy atom. The summed E-state index contributed by atoms with van der Waals surface area (Å²) in [6.45, 7) is 0.931. The van der Waals surface area contributed by atoms with Crippen LogP contribution in [0.3, 0.4) is 0 Å². The van der Waals surface area contributed by atoms with Crippen LogP contribution in [0.2, 0.25) is 0 Å². The number of H-pyrrole nitrogens is 1. The first kappa shape index (κ1) is 13.4. The first-order valence-corrected chi connectivity index (χ1v) is 7.82. The lowest BCUT2D eigenvalue weighted by Gasteiger charge is -2.06. The van der Waals surface area contributed by atoms with Crippen molar-refractivity contribution in [3.8, 4) is 11.4 Å². The Labute approximate surface area is 117 Å². The van der Waals surface area contributed by atoms with E-state index in [-0.39, 0.29) is 0 Å². The number of aromatic amines is 1. The number of benzene rings is 1. The van der Waals surface area contributed by atoms with Gasteiger partial charge < -0.3 is 4.57 Å². The third kappa shape index (κ3) is 3.23. The van der Waals surface area contributed by atoms with Crippen LogP contribution in [0.4, 0.5) is 0 Å². The third-order valence-electron chi connectivity index (χ3n) is 2.77. The number of aromatic nitrogens is 3. The molecule has 0 fully saturated rings. The van der Waals surface area contributed by atoms with Gasteiger partial charge in [0.2, 0.25) is 0 Å². The normalized spacial score (nSPS) is 10.7. The van der Waals surface area contributed by atoms with Crippen LogP contribution in [0.1, 0.15) is 12.8 Å².